The Kier molecular flexibility index (Phi) is 5.22. The highest BCUT2D eigenvalue weighted by Crippen LogP contribution is 2.27. The van der Waals surface area contributed by atoms with Crippen LogP contribution in [0.1, 0.15) is 26.2 Å². The predicted molar refractivity (Wildman–Crippen MR) is 83.7 cm³/mol. The Labute approximate surface area is 127 Å². The third-order valence-corrected chi connectivity index (χ3v) is 5.36. The zero-order valence-corrected chi connectivity index (χ0v) is 13.3. The second kappa shape index (κ2) is 6.93. The van der Waals surface area contributed by atoms with Crippen LogP contribution in [0.25, 0.3) is 0 Å². The minimum absolute atomic E-state index is 0.0492. The molecule has 2 unspecified atom stereocenters. The molecule has 1 fully saturated rings. The van der Waals surface area contributed by atoms with E-state index in [2.05, 4.69) is 0 Å². The average Bonchev–Trinajstić information content (AvgIpc) is 2.53. The molecule has 0 bridgehead atoms. The van der Waals surface area contributed by atoms with Crippen LogP contribution in [0.3, 0.4) is 0 Å². The van der Waals surface area contributed by atoms with Crippen molar-refractivity contribution in [2.45, 2.75) is 36.3 Å². The van der Waals surface area contributed by atoms with E-state index in [1.807, 2.05) is 4.90 Å². The summed E-state index contributed by atoms with van der Waals surface area (Å²) in [5, 5.41) is -0.583. The minimum atomic E-state index is -1.45. The molecule has 0 spiro atoms. The molecular weight excluding hydrogens is 288 g/mol. The van der Waals surface area contributed by atoms with Crippen LogP contribution in [0.5, 0.6) is 5.75 Å². The van der Waals surface area contributed by atoms with E-state index in [-0.39, 0.29) is 5.91 Å². The summed E-state index contributed by atoms with van der Waals surface area (Å²) >= 11 is 0. The van der Waals surface area contributed by atoms with Crippen LogP contribution in [0.15, 0.2) is 23.1 Å². The zero-order valence-electron chi connectivity index (χ0n) is 12.5. The van der Waals surface area contributed by atoms with Gasteiger partial charge in [-0.15, -0.1) is 0 Å². The molecule has 1 amide bonds. The van der Waals surface area contributed by atoms with E-state index in [4.69, 9.17) is 10.5 Å². The standard InChI is InChI=1S/C15H22N2O3S/c1-11(15(18)17-8-4-3-5-9-17)21(19)14-7-6-12(16)10-13(14)20-2/h6-7,10-11H,3-5,8-9,16H2,1-2H3. The second-order valence-electron chi connectivity index (χ2n) is 5.24. The van der Waals surface area contributed by atoms with Gasteiger partial charge in [0, 0.05) is 24.8 Å². The number of anilines is 1. The average molecular weight is 310 g/mol. The number of rotatable bonds is 4. The molecule has 116 valence electrons. The van der Waals surface area contributed by atoms with Crippen LogP contribution in [0.4, 0.5) is 5.69 Å². The Bertz CT molecular complexity index is 542. The van der Waals surface area contributed by atoms with Gasteiger partial charge in [0.1, 0.15) is 11.0 Å². The maximum atomic E-state index is 12.7. The molecule has 1 aliphatic heterocycles. The second-order valence-corrected chi connectivity index (χ2v) is 6.98. The van der Waals surface area contributed by atoms with Gasteiger partial charge in [-0.05, 0) is 38.3 Å². The molecule has 2 rings (SSSR count). The molecule has 5 nitrogen and oxygen atoms in total. The Balaban J connectivity index is 2.16. The first-order chi connectivity index (χ1) is 10.0. The molecule has 1 aliphatic rings. The van der Waals surface area contributed by atoms with Crippen molar-refractivity contribution in [2.24, 2.45) is 0 Å². The van der Waals surface area contributed by atoms with Crippen molar-refractivity contribution < 1.29 is 13.7 Å². The Morgan fingerprint density at radius 1 is 1.33 bits per heavy atom. The maximum Gasteiger partial charge on any atom is 0.238 e. The molecule has 0 saturated carbocycles. The summed E-state index contributed by atoms with van der Waals surface area (Å²) in [6.45, 7) is 3.24. The fourth-order valence-corrected chi connectivity index (χ4v) is 3.76. The van der Waals surface area contributed by atoms with Gasteiger partial charge in [-0.2, -0.15) is 0 Å². The van der Waals surface area contributed by atoms with E-state index in [1.54, 1.807) is 25.1 Å². The van der Waals surface area contributed by atoms with Gasteiger partial charge in [-0.1, -0.05) is 0 Å². The lowest BCUT2D eigenvalue weighted by Gasteiger charge is -2.29. The molecule has 1 aromatic carbocycles. The van der Waals surface area contributed by atoms with Crippen molar-refractivity contribution in [1.82, 2.24) is 4.90 Å². The summed E-state index contributed by atoms with van der Waals surface area (Å²) in [6, 6.07) is 4.98. The quantitative estimate of drug-likeness (QED) is 0.861. The van der Waals surface area contributed by atoms with Crippen LogP contribution in [0.2, 0.25) is 0 Å². The summed E-state index contributed by atoms with van der Waals surface area (Å²) in [5.74, 6) is 0.415. The van der Waals surface area contributed by atoms with Crippen molar-refractivity contribution in [3.63, 3.8) is 0 Å². The molecular formula is C15H22N2O3S. The Morgan fingerprint density at radius 3 is 2.62 bits per heavy atom. The lowest BCUT2D eigenvalue weighted by molar-refractivity contribution is -0.131. The molecule has 2 atom stereocenters. The number of methoxy groups -OCH3 is 1. The molecule has 1 saturated heterocycles. The number of nitrogen functional groups attached to an aromatic ring is 1. The monoisotopic (exact) mass is 310 g/mol. The largest absolute Gasteiger partial charge is 0.495 e. The summed E-state index contributed by atoms with van der Waals surface area (Å²) in [4.78, 5) is 14.8. The van der Waals surface area contributed by atoms with Gasteiger partial charge in [0.05, 0.1) is 22.8 Å². The molecule has 0 radical (unpaired) electrons. The zero-order chi connectivity index (χ0) is 15.4. The highest BCUT2D eigenvalue weighted by atomic mass is 32.2. The summed E-state index contributed by atoms with van der Waals surface area (Å²) in [6.07, 6.45) is 3.21. The van der Waals surface area contributed by atoms with Crippen LogP contribution in [-0.4, -0.2) is 40.5 Å². The van der Waals surface area contributed by atoms with Gasteiger partial charge >= 0.3 is 0 Å². The fourth-order valence-electron chi connectivity index (χ4n) is 2.50. The summed E-state index contributed by atoms with van der Waals surface area (Å²) in [5.41, 5.74) is 6.25. The smallest absolute Gasteiger partial charge is 0.238 e. The molecule has 2 N–H and O–H groups in total. The van der Waals surface area contributed by atoms with Crippen LogP contribution in [0, 0.1) is 0 Å². The van der Waals surface area contributed by atoms with Gasteiger partial charge in [-0.3, -0.25) is 9.00 Å². The molecule has 21 heavy (non-hydrogen) atoms. The van der Waals surface area contributed by atoms with Crippen molar-refractivity contribution in [1.29, 1.82) is 0 Å². The number of likely N-dealkylation sites (tertiary alicyclic amines) is 1. The molecule has 1 heterocycles. The van der Waals surface area contributed by atoms with E-state index in [1.165, 1.54) is 7.11 Å². The molecule has 6 heteroatoms. The SMILES string of the molecule is COc1cc(N)ccc1S(=O)C(C)C(=O)N1CCCCC1. The van der Waals surface area contributed by atoms with Crippen molar-refractivity contribution in [3.05, 3.63) is 18.2 Å². The first-order valence-electron chi connectivity index (χ1n) is 7.17. The molecule has 0 aromatic heterocycles. The van der Waals surface area contributed by atoms with Gasteiger partial charge in [0.15, 0.2) is 0 Å². The highest BCUT2D eigenvalue weighted by molar-refractivity contribution is 7.86. The van der Waals surface area contributed by atoms with Crippen molar-refractivity contribution >= 4 is 22.4 Å². The lowest BCUT2D eigenvalue weighted by Crippen LogP contribution is -2.42. The number of hydrogen-bond donors (Lipinski definition) is 1. The summed E-state index contributed by atoms with van der Waals surface area (Å²) in [7, 11) is 0.0552. The van der Waals surface area contributed by atoms with E-state index in [0.29, 0.717) is 16.3 Å². The number of hydrogen-bond acceptors (Lipinski definition) is 4. The van der Waals surface area contributed by atoms with E-state index >= 15 is 0 Å². The Morgan fingerprint density at radius 2 is 2.00 bits per heavy atom. The first-order valence-corrected chi connectivity index (χ1v) is 8.38. The first kappa shape index (κ1) is 15.8. The van der Waals surface area contributed by atoms with Gasteiger partial charge < -0.3 is 15.4 Å². The van der Waals surface area contributed by atoms with Crippen molar-refractivity contribution in [2.75, 3.05) is 25.9 Å². The van der Waals surface area contributed by atoms with E-state index in [0.717, 1.165) is 32.4 Å². The predicted octanol–water partition coefficient (Wildman–Crippen LogP) is 1.79. The number of carbonyl (C=O) groups excluding carboxylic acids is 1. The van der Waals surface area contributed by atoms with E-state index < -0.39 is 16.0 Å². The minimum Gasteiger partial charge on any atom is -0.495 e. The summed E-state index contributed by atoms with van der Waals surface area (Å²) < 4.78 is 17.9. The van der Waals surface area contributed by atoms with Crippen LogP contribution >= 0.6 is 0 Å². The van der Waals surface area contributed by atoms with Crippen molar-refractivity contribution in [3.8, 4) is 5.75 Å². The number of amides is 1. The van der Waals surface area contributed by atoms with Gasteiger partial charge in [0.25, 0.3) is 0 Å². The lowest BCUT2D eigenvalue weighted by atomic mass is 10.1. The normalized spacial score (nSPS) is 18.1. The maximum absolute atomic E-state index is 12.7. The van der Waals surface area contributed by atoms with Gasteiger partial charge in [0.2, 0.25) is 5.91 Å². The Hall–Kier alpha value is -1.56. The topological polar surface area (TPSA) is 72.6 Å². The van der Waals surface area contributed by atoms with E-state index in [9.17, 15) is 9.00 Å². The highest BCUT2D eigenvalue weighted by Gasteiger charge is 2.28. The fraction of sp³-hybridized carbons (Fsp3) is 0.533. The number of piperidine rings is 1. The van der Waals surface area contributed by atoms with Gasteiger partial charge in [-0.25, -0.2) is 0 Å². The molecule has 1 aromatic rings. The number of nitrogens with two attached hydrogens (primary N) is 1. The van der Waals surface area contributed by atoms with Crippen LogP contribution < -0.4 is 10.5 Å². The number of benzene rings is 1. The number of ether oxygens (including phenoxy) is 1. The molecule has 0 aliphatic carbocycles. The number of carbonyl (C=O) groups is 1. The van der Waals surface area contributed by atoms with Crippen LogP contribution in [-0.2, 0) is 15.6 Å². The third kappa shape index (κ3) is 3.56. The third-order valence-electron chi connectivity index (χ3n) is 3.74. The number of nitrogens with zero attached hydrogens (tertiary/aromatic N) is 1.